The Labute approximate surface area is 276 Å². The predicted octanol–water partition coefficient (Wildman–Crippen LogP) is 6.24. The fraction of sp³-hybridized carbons (Fsp3) is 0.278. The van der Waals surface area contributed by atoms with E-state index in [0.29, 0.717) is 10.8 Å². The highest BCUT2D eigenvalue weighted by Crippen LogP contribution is 2.27. The molecule has 5 rings (SSSR count). The number of hydrogen-bond donors (Lipinski definition) is 1. The van der Waals surface area contributed by atoms with Gasteiger partial charge in [-0.2, -0.15) is 0 Å². The molecule has 4 aromatic rings. The standard InChI is InChI=1S/C36H38ClN3O5S/c1-45-32-21-19-31(20-22-32)40(46(43,44)33-17-6-3-7-18-33)26-35(41)39(25-28-13-10-14-29(37)23-28)34(24-27-11-4-2-5-12-27)36(42)38-30-15-8-9-16-30/h2-7,10-14,17-23,30,34H,8-9,15-16,24-26H2,1H3,(H,38,42). The molecule has 1 N–H and O–H groups in total. The van der Waals surface area contributed by atoms with Crippen molar-refractivity contribution >= 4 is 39.1 Å². The van der Waals surface area contributed by atoms with E-state index in [2.05, 4.69) is 5.32 Å². The van der Waals surface area contributed by atoms with Crippen molar-refractivity contribution in [2.75, 3.05) is 18.0 Å². The molecule has 0 spiro atoms. The first-order valence-electron chi connectivity index (χ1n) is 15.3. The first-order valence-corrected chi connectivity index (χ1v) is 17.2. The quantitative estimate of drug-likeness (QED) is 0.183. The number of rotatable bonds is 13. The molecule has 1 saturated carbocycles. The first kappa shape index (κ1) is 33.0. The van der Waals surface area contributed by atoms with Crippen LogP contribution in [0.25, 0.3) is 0 Å². The summed E-state index contributed by atoms with van der Waals surface area (Å²) in [7, 11) is -2.66. The summed E-state index contributed by atoms with van der Waals surface area (Å²) in [6.07, 6.45) is 4.08. The largest absolute Gasteiger partial charge is 0.497 e. The lowest BCUT2D eigenvalue weighted by Crippen LogP contribution is -2.54. The van der Waals surface area contributed by atoms with Gasteiger partial charge in [0.1, 0.15) is 18.3 Å². The van der Waals surface area contributed by atoms with Crippen LogP contribution in [-0.4, -0.2) is 50.9 Å². The molecule has 240 valence electrons. The van der Waals surface area contributed by atoms with Crippen molar-refractivity contribution < 1.29 is 22.7 Å². The van der Waals surface area contributed by atoms with E-state index in [1.165, 1.54) is 24.1 Å². The van der Waals surface area contributed by atoms with Gasteiger partial charge in [-0.1, -0.05) is 85.1 Å². The van der Waals surface area contributed by atoms with Crippen LogP contribution in [0.5, 0.6) is 5.75 Å². The number of amides is 2. The highest BCUT2D eigenvalue weighted by atomic mass is 35.5. The van der Waals surface area contributed by atoms with Crippen molar-refractivity contribution in [1.82, 2.24) is 10.2 Å². The van der Waals surface area contributed by atoms with Crippen molar-refractivity contribution in [3.05, 3.63) is 125 Å². The number of halogens is 1. The number of sulfonamides is 1. The predicted molar refractivity (Wildman–Crippen MR) is 180 cm³/mol. The highest BCUT2D eigenvalue weighted by molar-refractivity contribution is 7.92. The van der Waals surface area contributed by atoms with Gasteiger partial charge < -0.3 is 15.0 Å². The van der Waals surface area contributed by atoms with E-state index in [4.69, 9.17) is 16.3 Å². The summed E-state index contributed by atoms with van der Waals surface area (Å²) in [5.41, 5.74) is 1.88. The SMILES string of the molecule is COc1ccc(N(CC(=O)N(Cc2cccc(Cl)c2)C(Cc2ccccc2)C(=O)NC2CCCC2)S(=O)(=O)c2ccccc2)cc1. The van der Waals surface area contributed by atoms with Crippen LogP contribution in [0, 0.1) is 0 Å². The third-order valence-electron chi connectivity index (χ3n) is 8.19. The first-order chi connectivity index (χ1) is 22.2. The molecule has 0 aliphatic heterocycles. The molecule has 4 aromatic carbocycles. The molecule has 0 radical (unpaired) electrons. The molecule has 2 amide bonds. The van der Waals surface area contributed by atoms with Crippen molar-refractivity contribution in [1.29, 1.82) is 0 Å². The number of anilines is 1. The van der Waals surface area contributed by atoms with Crippen LogP contribution >= 0.6 is 11.6 Å². The fourth-order valence-electron chi connectivity index (χ4n) is 5.75. The summed E-state index contributed by atoms with van der Waals surface area (Å²) >= 11 is 6.33. The minimum atomic E-state index is -4.18. The Hall–Kier alpha value is -4.34. The molecule has 1 unspecified atom stereocenters. The second kappa shape index (κ2) is 15.3. The van der Waals surface area contributed by atoms with Gasteiger partial charge in [0.2, 0.25) is 11.8 Å². The molecular formula is C36H38ClN3O5S. The maximum atomic E-state index is 14.6. The van der Waals surface area contributed by atoms with E-state index in [9.17, 15) is 18.0 Å². The van der Waals surface area contributed by atoms with Gasteiger partial charge in [-0.3, -0.25) is 13.9 Å². The zero-order chi connectivity index (χ0) is 32.5. The Morgan fingerprint density at radius 1 is 0.870 bits per heavy atom. The smallest absolute Gasteiger partial charge is 0.264 e. The molecule has 0 heterocycles. The zero-order valence-electron chi connectivity index (χ0n) is 25.7. The number of carbonyl (C=O) groups excluding carboxylic acids is 2. The number of hydrogen-bond acceptors (Lipinski definition) is 5. The van der Waals surface area contributed by atoms with Crippen LogP contribution < -0.4 is 14.4 Å². The fourth-order valence-corrected chi connectivity index (χ4v) is 7.40. The molecule has 46 heavy (non-hydrogen) atoms. The van der Waals surface area contributed by atoms with Crippen LogP contribution in [0.3, 0.4) is 0 Å². The number of benzene rings is 4. The molecule has 1 fully saturated rings. The molecule has 10 heteroatoms. The third-order valence-corrected chi connectivity index (χ3v) is 10.2. The lowest BCUT2D eigenvalue weighted by atomic mass is 10.0. The molecule has 1 aliphatic carbocycles. The van der Waals surface area contributed by atoms with Crippen molar-refractivity contribution in [2.24, 2.45) is 0 Å². The summed E-state index contributed by atoms with van der Waals surface area (Å²) in [4.78, 5) is 30.2. The summed E-state index contributed by atoms with van der Waals surface area (Å²) in [6.45, 7) is -0.483. The van der Waals surface area contributed by atoms with Gasteiger partial charge in [0.15, 0.2) is 0 Å². The minimum Gasteiger partial charge on any atom is -0.497 e. The maximum Gasteiger partial charge on any atom is 0.264 e. The lowest BCUT2D eigenvalue weighted by Gasteiger charge is -2.34. The monoisotopic (exact) mass is 659 g/mol. The number of nitrogens with zero attached hydrogens (tertiary/aromatic N) is 2. The van der Waals surface area contributed by atoms with E-state index in [1.54, 1.807) is 60.7 Å². The van der Waals surface area contributed by atoms with Crippen molar-refractivity contribution in [3.8, 4) is 5.75 Å². The molecule has 1 aliphatic rings. The minimum absolute atomic E-state index is 0.0307. The second-order valence-corrected chi connectivity index (χ2v) is 13.7. The molecule has 1 atom stereocenters. The van der Waals surface area contributed by atoms with E-state index in [-0.39, 0.29) is 35.5 Å². The Kier molecular flexibility index (Phi) is 11.0. The molecule has 8 nitrogen and oxygen atoms in total. The molecule has 0 saturated heterocycles. The molecule has 0 aromatic heterocycles. The summed E-state index contributed by atoms with van der Waals surface area (Å²) in [5, 5.41) is 3.67. The third kappa shape index (κ3) is 8.27. The summed E-state index contributed by atoms with van der Waals surface area (Å²) in [6, 6.07) is 30.2. The Morgan fingerprint density at radius 2 is 1.50 bits per heavy atom. The van der Waals surface area contributed by atoms with Crippen LogP contribution in [0.1, 0.15) is 36.8 Å². The van der Waals surface area contributed by atoms with Gasteiger partial charge in [0, 0.05) is 24.0 Å². The number of methoxy groups -OCH3 is 1. The van der Waals surface area contributed by atoms with Crippen LogP contribution in [0.4, 0.5) is 5.69 Å². The zero-order valence-corrected chi connectivity index (χ0v) is 27.3. The van der Waals surface area contributed by atoms with E-state index in [0.717, 1.165) is 41.1 Å². The lowest BCUT2D eigenvalue weighted by molar-refractivity contribution is -0.140. The molecule has 0 bridgehead atoms. The number of ether oxygens (including phenoxy) is 1. The maximum absolute atomic E-state index is 14.6. The van der Waals surface area contributed by atoms with Crippen molar-refractivity contribution in [3.63, 3.8) is 0 Å². The van der Waals surface area contributed by atoms with Crippen LogP contribution in [-0.2, 0) is 32.6 Å². The van der Waals surface area contributed by atoms with Gasteiger partial charge in [-0.05, 0) is 72.5 Å². The van der Waals surface area contributed by atoms with Gasteiger partial charge in [0.25, 0.3) is 10.0 Å². The second-order valence-electron chi connectivity index (χ2n) is 11.4. The topological polar surface area (TPSA) is 96.0 Å². The average molecular weight is 660 g/mol. The van der Waals surface area contributed by atoms with E-state index >= 15 is 0 Å². The highest BCUT2D eigenvalue weighted by Gasteiger charge is 2.35. The van der Waals surface area contributed by atoms with Gasteiger partial charge in [-0.25, -0.2) is 8.42 Å². The molecular weight excluding hydrogens is 622 g/mol. The Balaban J connectivity index is 1.56. The average Bonchev–Trinajstić information content (AvgIpc) is 3.59. The van der Waals surface area contributed by atoms with Crippen LogP contribution in [0.15, 0.2) is 114 Å². The Morgan fingerprint density at radius 3 is 2.13 bits per heavy atom. The van der Waals surface area contributed by atoms with Gasteiger partial charge >= 0.3 is 0 Å². The normalized spacial score (nSPS) is 14.0. The summed E-state index contributed by atoms with van der Waals surface area (Å²) in [5.74, 6) is -0.257. The van der Waals surface area contributed by atoms with E-state index in [1.807, 2.05) is 36.4 Å². The number of nitrogens with one attached hydrogen (secondary N) is 1. The van der Waals surface area contributed by atoms with Crippen LogP contribution in [0.2, 0.25) is 5.02 Å². The van der Waals surface area contributed by atoms with Crippen molar-refractivity contribution in [2.45, 2.75) is 55.6 Å². The van der Waals surface area contributed by atoms with Gasteiger partial charge in [-0.15, -0.1) is 0 Å². The van der Waals surface area contributed by atoms with E-state index < -0.39 is 28.5 Å². The summed E-state index contributed by atoms with van der Waals surface area (Å²) < 4.78 is 34.6. The number of carbonyl (C=O) groups is 2. The van der Waals surface area contributed by atoms with Gasteiger partial charge in [0.05, 0.1) is 17.7 Å². The Bertz CT molecular complexity index is 1710.